The van der Waals surface area contributed by atoms with Crippen molar-refractivity contribution in [2.75, 3.05) is 78.8 Å². The van der Waals surface area contributed by atoms with Crippen LogP contribution in [0.25, 0.3) is 0 Å². The van der Waals surface area contributed by atoms with Crippen LogP contribution in [0.15, 0.2) is 0 Å². The lowest BCUT2D eigenvalue weighted by molar-refractivity contribution is 0.0306. The standard InChI is InChI=1S/C20H40N4O5/c1-3-5-7-21-19(25)28-17-13-24(10-9-23-11-15-27-16-12-23)14-18-29-20(26)22-8-6-4-2/h3-18H2,1-2H3,(H,21,25)(H,22,26). The molecule has 170 valence electrons. The molecule has 1 aliphatic rings. The number of rotatable bonds is 15. The van der Waals surface area contributed by atoms with E-state index in [2.05, 4.69) is 34.3 Å². The Bertz CT molecular complexity index is 405. The number of amides is 2. The van der Waals surface area contributed by atoms with E-state index in [0.717, 1.165) is 65.1 Å². The van der Waals surface area contributed by atoms with E-state index in [1.54, 1.807) is 0 Å². The molecule has 0 atom stereocenters. The van der Waals surface area contributed by atoms with E-state index >= 15 is 0 Å². The molecule has 9 heteroatoms. The minimum atomic E-state index is -0.377. The Labute approximate surface area is 175 Å². The highest BCUT2D eigenvalue weighted by Gasteiger charge is 2.14. The van der Waals surface area contributed by atoms with Crippen LogP contribution in [0.3, 0.4) is 0 Å². The second-order valence-corrected chi connectivity index (χ2v) is 7.13. The van der Waals surface area contributed by atoms with Gasteiger partial charge in [-0.3, -0.25) is 9.80 Å². The number of carbonyl (C=O) groups excluding carboxylic acids is 2. The fourth-order valence-electron chi connectivity index (χ4n) is 2.81. The third kappa shape index (κ3) is 14.1. The molecule has 0 saturated carbocycles. The van der Waals surface area contributed by atoms with Crippen LogP contribution in [0.4, 0.5) is 9.59 Å². The molecule has 0 aliphatic carbocycles. The first kappa shape index (κ1) is 25.5. The number of morpholine rings is 1. The SMILES string of the molecule is CCCCNC(=O)OCCN(CCOC(=O)NCCCC)CCN1CCOCC1. The van der Waals surface area contributed by atoms with Gasteiger partial charge in [0.05, 0.1) is 13.2 Å². The summed E-state index contributed by atoms with van der Waals surface area (Å²) in [7, 11) is 0. The van der Waals surface area contributed by atoms with Crippen molar-refractivity contribution in [1.29, 1.82) is 0 Å². The van der Waals surface area contributed by atoms with Crippen LogP contribution in [0.1, 0.15) is 39.5 Å². The van der Waals surface area contributed by atoms with E-state index in [-0.39, 0.29) is 12.2 Å². The van der Waals surface area contributed by atoms with Gasteiger partial charge in [0.15, 0.2) is 0 Å². The Morgan fingerprint density at radius 3 is 1.90 bits per heavy atom. The molecule has 1 aliphatic heterocycles. The number of nitrogens with zero attached hydrogens (tertiary/aromatic N) is 2. The third-order valence-corrected chi connectivity index (χ3v) is 4.72. The van der Waals surface area contributed by atoms with Gasteiger partial charge >= 0.3 is 12.2 Å². The number of carbonyl (C=O) groups is 2. The average molecular weight is 417 g/mol. The van der Waals surface area contributed by atoms with Gasteiger partial charge in [-0.15, -0.1) is 0 Å². The fourth-order valence-corrected chi connectivity index (χ4v) is 2.81. The highest BCUT2D eigenvalue weighted by Crippen LogP contribution is 1.99. The normalized spacial score (nSPS) is 14.6. The van der Waals surface area contributed by atoms with Gasteiger partial charge in [0, 0.05) is 52.4 Å². The van der Waals surface area contributed by atoms with Crippen molar-refractivity contribution in [2.24, 2.45) is 0 Å². The van der Waals surface area contributed by atoms with Crippen molar-refractivity contribution in [1.82, 2.24) is 20.4 Å². The van der Waals surface area contributed by atoms with Gasteiger partial charge in [-0.05, 0) is 12.8 Å². The summed E-state index contributed by atoms with van der Waals surface area (Å²) in [5.74, 6) is 0. The van der Waals surface area contributed by atoms with Crippen molar-refractivity contribution >= 4 is 12.2 Å². The predicted molar refractivity (Wildman–Crippen MR) is 112 cm³/mol. The molecule has 0 bridgehead atoms. The predicted octanol–water partition coefficient (Wildman–Crippen LogP) is 1.67. The first-order chi connectivity index (χ1) is 14.2. The molecule has 29 heavy (non-hydrogen) atoms. The third-order valence-electron chi connectivity index (χ3n) is 4.72. The van der Waals surface area contributed by atoms with E-state index in [4.69, 9.17) is 14.2 Å². The Balaban J connectivity index is 2.29. The van der Waals surface area contributed by atoms with E-state index in [0.29, 0.717) is 39.4 Å². The van der Waals surface area contributed by atoms with Gasteiger partial charge in [0.2, 0.25) is 0 Å². The molecule has 2 amide bonds. The second kappa shape index (κ2) is 17.3. The Morgan fingerprint density at radius 1 is 0.897 bits per heavy atom. The van der Waals surface area contributed by atoms with Crippen molar-refractivity contribution in [3.63, 3.8) is 0 Å². The van der Waals surface area contributed by atoms with Crippen molar-refractivity contribution in [3.8, 4) is 0 Å². The summed E-state index contributed by atoms with van der Waals surface area (Å²) in [6.45, 7) is 12.4. The summed E-state index contributed by atoms with van der Waals surface area (Å²) in [4.78, 5) is 27.9. The second-order valence-electron chi connectivity index (χ2n) is 7.13. The van der Waals surface area contributed by atoms with Crippen LogP contribution in [-0.2, 0) is 14.2 Å². The summed E-state index contributed by atoms with van der Waals surface area (Å²) >= 11 is 0. The molecule has 1 heterocycles. The quantitative estimate of drug-likeness (QED) is 0.392. The number of nitrogens with one attached hydrogen (secondary N) is 2. The van der Waals surface area contributed by atoms with Gasteiger partial charge in [0.1, 0.15) is 13.2 Å². The average Bonchev–Trinajstić information content (AvgIpc) is 2.73. The highest BCUT2D eigenvalue weighted by atomic mass is 16.6. The first-order valence-corrected chi connectivity index (χ1v) is 11.0. The summed E-state index contributed by atoms with van der Waals surface area (Å²) in [5, 5.41) is 5.49. The molecule has 0 aromatic carbocycles. The maximum Gasteiger partial charge on any atom is 0.407 e. The van der Waals surface area contributed by atoms with Crippen LogP contribution in [0.2, 0.25) is 0 Å². The molecule has 2 N–H and O–H groups in total. The Morgan fingerprint density at radius 2 is 1.41 bits per heavy atom. The molecule has 1 rings (SSSR count). The molecule has 1 saturated heterocycles. The van der Waals surface area contributed by atoms with Crippen LogP contribution < -0.4 is 10.6 Å². The zero-order chi connectivity index (χ0) is 21.2. The first-order valence-electron chi connectivity index (χ1n) is 11.0. The van der Waals surface area contributed by atoms with Crippen molar-refractivity contribution in [3.05, 3.63) is 0 Å². The van der Waals surface area contributed by atoms with Gasteiger partial charge in [0.25, 0.3) is 0 Å². The number of unbranched alkanes of at least 4 members (excludes halogenated alkanes) is 2. The van der Waals surface area contributed by atoms with Crippen LogP contribution in [0.5, 0.6) is 0 Å². The van der Waals surface area contributed by atoms with Gasteiger partial charge in [-0.2, -0.15) is 0 Å². The van der Waals surface area contributed by atoms with E-state index in [1.807, 2.05) is 0 Å². The largest absolute Gasteiger partial charge is 0.448 e. The maximum absolute atomic E-state index is 11.7. The lowest BCUT2D eigenvalue weighted by Gasteiger charge is -2.29. The summed E-state index contributed by atoms with van der Waals surface area (Å²) in [6.07, 6.45) is 3.19. The van der Waals surface area contributed by atoms with Gasteiger partial charge in [-0.25, -0.2) is 9.59 Å². The van der Waals surface area contributed by atoms with Crippen molar-refractivity contribution in [2.45, 2.75) is 39.5 Å². The zero-order valence-electron chi connectivity index (χ0n) is 18.2. The van der Waals surface area contributed by atoms with Crippen molar-refractivity contribution < 1.29 is 23.8 Å². The molecule has 0 unspecified atom stereocenters. The Hall–Kier alpha value is -1.58. The molecule has 0 spiro atoms. The number of alkyl carbamates (subject to hydrolysis) is 2. The minimum Gasteiger partial charge on any atom is -0.448 e. The van der Waals surface area contributed by atoms with E-state index < -0.39 is 0 Å². The Kier molecular flexibility index (Phi) is 15.2. The topological polar surface area (TPSA) is 92.4 Å². The van der Waals surface area contributed by atoms with Crippen LogP contribution in [0, 0.1) is 0 Å². The van der Waals surface area contributed by atoms with E-state index in [9.17, 15) is 9.59 Å². The van der Waals surface area contributed by atoms with Crippen LogP contribution >= 0.6 is 0 Å². The highest BCUT2D eigenvalue weighted by molar-refractivity contribution is 5.67. The number of ether oxygens (including phenoxy) is 3. The maximum atomic E-state index is 11.7. The molecule has 0 aromatic heterocycles. The van der Waals surface area contributed by atoms with Crippen LogP contribution in [-0.4, -0.2) is 101 Å². The lowest BCUT2D eigenvalue weighted by Crippen LogP contribution is -2.43. The molecule has 0 radical (unpaired) electrons. The number of hydrogen-bond donors (Lipinski definition) is 2. The van der Waals surface area contributed by atoms with Gasteiger partial charge in [-0.1, -0.05) is 26.7 Å². The lowest BCUT2D eigenvalue weighted by atomic mass is 10.3. The fraction of sp³-hybridized carbons (Fsp3) is 0.900. The summed E-state index contributed by atoms with van der Waals surface area (Å²) in [6, 6.07) is 0. The molecule has 9 nitrogen and oxygen atoms in total. The van der Waals surface area contributed by atoms with Gasteiger partial charge < -0.3 is 24.8 Å². The molecular weight excluding hydrogens is 376 g/mol. The summed E-state index contributed by atoms with van der Waals surface area (Å²) in [5.41, 5.74) is 0. The molecular formula is C20H40N4O5. The van der Waals surface area contributed by atoms with E-state index in [1.165, 1.54) is 0 Å². The monoisotopic (exact) mass is 416 g/mol. The smallest absolute Gasteiger partial charge is 0.407 e. The summed E-state index contributed by atoms with van der Waals surface area (Å²) < 4.78 is 15.9. The molecule has 1 fully saturated rings. The number of hydrogen-bond acceptors (Lipinski definition) is 7. The molecule has 0 aromatic rings. The zero-order valence-corrected chi connectivity index (χ0v) is 18.2. The minimum absolute atomic E-state index is 0.309.